The van der Waals surface area contributed by atoms with E-state index < -0.39 is 9.84 Å². The molecule has 1 fully saturated rings. The fourth-order valence-electron chi connectivity index (χ4n) is 2.49. The van der Waals surface area contributed by atoms with E-state index in [1.54, 1.807) is 6.92 Å². The Morgan fingerprint density at radius 1 is 1.24 bits per heavy atom. The van der Waals surface area contributed by atoms with Crippen molar-refractivity contribution in [2.45, 2.75) is 31.8 Å². The maximum absolute atomic E-state index is 12.2. The van der Waals surface area contributed by atoms with E-state index in [2.05, 4.69) is 5.32 Å². The Kier molecular flexibility index (Phi) is 5.00. The Balaban J connectivity index is 1.91. The first-order valence-corrected chi connectivity index (χ1v) is 9.02. The van der Waals surface area contributed by atoms with Crippen LogP contribution in [0.1, 0.15) is 31.4 Å². The maximum atomic E-state index is 12.2. The van der Waals surface area contributed by atoms with Gasteiger partial charge in [0.05, 0.1) is 17.4 Å². The van der Waals surface area contributed by atoms with E-state index in [-0.39, 0.29) is 35.4 Å². The molecule has 0 spiro atoms. The zero-order valence-corrected chi connectivity index (χ0v) is 13.0. The Labute approximate surface area is 125 Å². The van der Waals surface area contributed by atoms with Crippen molar-refractivity contribution in [3.8, 4) is 0 Å². The van der Waals surface area contributed by atoms with Gasteiger partial charge in [0.2, 0.25) is 5.91 Å². The number of carbonyl (C=O) groups is 1. The summed E-state index contributed by atoms with van der Waals surface area (Å²) in [5, 5.41) is 2.92. The molecule has 1 heterocycles. The number of sulfone groups is 1. The van der Waals surface area contributed by atoms with Crippen molar-refractivity contribution < 1.29 is 13.2 Å². The third-order valence-corrected chi connectivity index (χ3v) is 5.75. The van der Waals surface area contributed by atoms with Gasteiger partial charge in [0, 0.05) is 12.1 Å². The van der Waals surface area contributed by atoms with Crippen LogP contribution in [0.3, 0.4) is 0 Å². The highest BCUT2D eigenvalue weighted by Gasteiger charge is 2.28. The molecule has 1 aliphatic heterocycles. The lowest BCUT2D eigenvalue weighted by molar-refractivity contribution is -0.125. The number of hydrogen-bond acceptors (Lipinski definition) is 4. The molecular formula is C15H22N2O3S. The third-order valence-electron chi connectivity index (χ3n) is 4.04. The Bertz CT molecular complexity index is 572. The van der Waals surface area contributed by atoms with Gasteiger partial charge in [-0.1, -0.05) is 37.3 Å². The molecule has 0 bridgehead atoms. The number of carbonyl (C=O) groups excluding carboxylic acids is 1. The number of nitrogens with two attached hydrogens (primary N) is 1. The molecule has 1 aliphatic rings. The lowest BCUT2D eigenvalue weighted by Crippen LogP contribution is -2.44. The minimum absolute atomic E-state index is 0.0635. The van der Waals surface area contributed by atoms with Crippen molar-refractivity contribution in [3.63, 3.8) is 0 Å². The lowest BCUT2D eigenvalue weighted by Gasteiger charge is -2.26. The van der Waals surface area contributed by atoms with Gasteiger partial charge in [-0.2, -0.15) is 0 Å². The molecule has 5 nitrogen and oxygen atoms in total. The Morgan fingerprint density at radius 2 is 1.81 bits per heavy atom. The average Bonchev–Trinajstić information content (AvgIpc) is 2.48. The first-order chi connectivity index (χ1) is 9.89. The summed E-state index contributed by atoms with van der Waals surface area (Å²) < 4.78 is 22.8. The van der Waals surface area contributed by atoms with Gasteiger partial charge in [0.15, 0.2) is 0 Å². The molecule has 3 N–H and O–H groups in total. The predicted molar refractivity (Wildman–Crippen MR) is 82.4 cm³/mol. The Hall–Kier alpha value is -1.40. The summed E-state index contributed by atoms with van der Waals surface area (Å²) in [5.41, 5.74) is 7.05. The second kappa shape index (κ2) is 6.58. The normalized spacial score (nSPS) is 21.4. The van der Waals surface area contributed by atoms with Crippen LogP contribution in [0, 0.1) is 5.92 Å². The summed E-state index contributed by atoms with van der Waals surface area (Å²) >= 11 is 0. The zero-order chi connectivity index (χ0) is 15.5. The van der Waals surface area contributed by atoms with Crippen LogP contribution >= 0.6 is 0 Å². The second-order valence-corrected chi connectivity index (χ2v) is 7.96. The molecule has 2 rings (SSSR count). The third kappa shape index (κ3) is 4.28. The predicted octanol–water partition coefficient (Wildman–Crippen LogP) is 1.02. The number of rotatable bonds is 4. The van der Waals surface area contributed by atoms with Crippen LogP contribution in [0.5, 0.6) is 0 Å². The number of hydrogen-bond donors (Lipinski definition) is 2. The molecule has 1 amide bonds. The minimum atomic E-state index is -2.91. The number of amides is 1. The summed E-state index contributed by atoms with van der Waals surface area (Å²) in [4.78, 5) is 12.2. The van der Waals surface area contributed by atoms with Crippen LogP contribution in [0.25, 0.3) is 0 Å². The van der Waals surface area contributed by atoms with Crippen molar-refractivity contribution in [2.75, 3.05) is 11.5 Å². The van der Waals surface area contributed by atoms with Gasteiger partial charge in [0.25, 0.3) is 0 Å². The fraction of sp³-hybridized carbons (Fsp3) is 0.533. The SMILES string of the molecule is CC(C(=O)NC1CCS(=O)(=O)CC1)C(N)c1ccccc1. The molecular weight excluding hydrogens is 288 g/mol. The quantitative estimate of drug-likeness (QED) is 0.869. The number of benzene rings is 1. The molecule has 1 saturated heterocycles. The topological polar surface area (TPSA) is 89.3 Å². The summed E-state index contributed by atoms with van der Waals surface area (Å²) in [6.07, 6.45) is 0.975. The van der Waals surface area contributed by atoms with Gasteiger partial charge in [-0.05, 0) is 18.4 Å². The first-order valence-electron chi connectivity index (χ1n) is 7.20. The van der Waals surface area contributed by atoms with E-state index in [1.165, 1.54) is 0 Å². The molecule has 1 aromatic rings. The molecule has 116 valence electrons. The molecule has 0 radical (unpaired) electrons. The summed E-state index contributed by atoms with van der Waals surface area (Å²) in [7, 11) is -2.91. The first kappa shape index (κ1) is 16.0. The monoisotopic (exact) mass is 310 g/mol. The highest BCUT2D eigenvalue weighted by Crippen LogP contribution is 2.20. The molecule has 0 aliphatic carbocycles. The van der Waals surface area contributed by atoms with E-state index in [0.29, 0.717) is 12.8 Å². The van der Waals surface area contributed by atoms with Gasteiger partial charge in [0.1, 0.15) is 9.84 Å². The zero-order valence-electron chi connectivity index (χ0n) is 12.2. The highest BCUT2D eigenvalue weighted by molar-refractivity contribution is 7.91. The van der Waals surface area contributed by atoms with Crippen LogP contribution in [-0.4, -0.2) is 31.9 Å². The summed E-state index contributed by atoms with van der Waals surface area (Å²) in [6, 6.07) is 9.08. The molecule has 0 saturated carbocycles. The van der Waals surface area contributed by atoms with Crippen LogP contribution in [0.2, 0.25) is 0 Å². The summed E-state index contributed by atoms with van der Waals surface area (Å²) in [5.74, 6) is -0.171. The standard InChI is InChI=1S/C15H22N2O3S/c1-11(14(16)12-5-3-2-4-6-12)15(18)17-13-7-9-21(19,20)10-8-13/h2-6,11,13-14H,7-10,16H2,1H3,(H,17,18). The van der Waals surface area contributed by atoms with Gasteiger partial charge in [-0.25, -0.2) is 8.42 Å². The highest BCUT2D eigenvalue weighted by atomic mass is 32.2. The molecule has 2 unspecified atom stereocenters. The smallest absolute Gasteiger partial charge is 0.224 e. The van der Waals surface area contributed by atoms with Gasteiger partial charge < -0.3 is 11.1 Å². The van der Waals surface area contributed by atoms with E-state index in [4.69, 9.17) is 5.73 Å². The van der Waals surface area contributed by atoms with E-state index in [0.717, 1.165) is 5.56 Å². The Morgan fingerprint density at radius 3 is 2.38 bits per heavy atom. The second-order valence-electron chi connectivity index (χ2n) is 5.66. The fourth-order valence-corrected chi connectivity index (χ4v) is 3.99. The molecule has 6 heteroatoms. The molecule has 2 atom stereocenters. The van der Waals surface area contributed by atoms with E-state index in [9.17, 15) is 13.2 Å². The van der Waals surface area contributed by atoms with Crippen molar-refractivity contribution in [1.82, 2.24) is 5.32 Å². The van der Waals surface area contributed by atoms with Crippen LogP contribution < -0.4 is 11.1 Å². The van der Waals surface area contributed by atoms with Gasteiger partial charge >= 0.3 is 0 Å². The molecule has 21 heavy (non-hydrogen) atoms. The van der Waals surface area contributed by atoms with Crippen LogP contribution in [-0.2, 0) is 14.6 Å². The van der Waals surface area contributed by atoms with Gasteiger partial charge in [-0.3, -0.25) is 4.79 Å². The van der Waals surface area contributed by atoms with E-state index >= 15 is 0 Å². The van der Waals surface area contributed by atoms with Crippen molar-refractivity contribution in [1.29, 1.82) is 0 Å². The van der Waals surface area contributed by atoms with Gasteiger partial charge in [-0.15, -0.1) is 0 Å². The van der Waals surface area contributed by atoms with Crippen LogP contribution in [0.4, 0.5) is 0 Å². The van der Waals surface area contributed by atoms with E-state index in [1.807, 2.05) is 30.3 Å². The average molecular weight is 310 g/mol. The van der Waals surface area contributed by atoms with Crippen molar-refractivity contribution >= 4 is 15.7 Å². The number of nitrogens with one attached hydrogen (secondary N) is 1. The summed E-state index contributed by atoms with van der Waals surface area (Å²) in [6.45, 7) is 1.80. The van der Waals surface area contributed by atoms with Crippen molar-refractivity contribution in [2.24, 2.45) is 11.7 Å². The maximum Gasteiger partial charge on any atom is 0.224 e. The van der Waals surface area contributed by atoms with Crippen molar-refractivity contribution in [3.05, 3.63) is 35.9 Å². The lowest BCUT2D eigenvalue weighted by atomic mass is 9.94. The largest absolute Gasteiger partial charge is 0.353 e. The molecule has 1 aromatic carbocycles. The van der Waals surface area contributed by atoms with Crippen LogP contribution in [0.15, 0.2) is 30.3 Å². The molecule has 0 aromatic heterocycles. The minimum Gasteiger partial charge on any atom is -0.353 e.